The molecule has 2 atom stereocenters. The minimum absolute atomic E-state index is 0.316. The van der Waals surface area contributed by atoms with Gasteiger partial charge in [-0.05, 0) is 31.6 Å². The van der Waals surface area contributed by atoms with E-state index in [4.69, 9.17) is 4.74 Å². The number of ketones is 1. The summed E-state index contributed by atoms with van der Waals surface area (Å²) in [4.78, 5) is 11.0. The first-order chi connectivity index (χ1) is 6.60. The molecule has 0 bridgehead atoms. The van der Waals surface area contributed by atoms with E-state index in [9.17, 15) is 4.79 Å². The van der Waals surface area contributed by atoms with E-state index < -0.39 is 0 Å². The van der Waals surface area contributed by atoms with E-state index in [2.05, 4.69) is 13.8 Å². The molecule has 0 N–H and O–H groups in total. The highest BCUT2D eigenvalue weighted by atomic mass is 16.5. The van der Waals surface area contributed by atoms with Gasteiger partial charge in [0.25, 0.3) is 0 Å². The van der Waals surface area contributed by atoms with Gasteiger partial charge in [0, 0.05) is 20.1 Å². The summed E-state index contributed by atoms with van der Waals surface area (Å²) in [5, 5.41) is 0. The first kappa shape index (κ1) is 13.6. The van der Waals surface area contributed by atoms with Crippen molar-refractivity contribution in [2.45, 2.75) is 46.5 Å². The first-order valence-corrected chi connectivity index (χ1v) is 5.58. The van der Waals surface area contributed by atoms with Crippen LogP contribution in [0.1, 0.15) is 46.5 Å². The Bertz CT molecular complexity index is 154. The van der Waals surface area contributed by atoms with Gasteiger partial charge in [-0.25, -0.2) is 0 Å². The molecule has 1 unspecified atom stereocenters. The van der Waals surface area contributed by atoms with Crippen LogP contribution in [0.25, 0.3) is 0 Å². The molecule has 0 spiro atoms. The summed E-state index contributed by atoms with van der Waals surface area (Å²) in [6.45, 7) is 6.92. The summed E-state index contributed by atoms with van der Waals surface area (Å²) >= 11 is 0. The van der Waals surface area contributed by atoms with Crippen molar-refractivity contribution in [2.75, 3.05) is 13.7 Å². The number of Topliss-reactive ketones (excluding diaryl/α,β-unsaturated/α-hetero) is 1. The third kappa shape index (κ3) is 7.07. The second-order valence-electron chi connectivity index (χ2n) is 4.30. The van der Waals surface area contributed by atoms with Crippen LogP contribution in [0.2, 0.25) is 0 Å². The minimum atomic E-state index is 0.316. The Balaban J connectivity index is 3.73. The fourth-order valence-electron chi connectivity index (χ4n) is 1.81. The van der Waals surface area contributed by atoms with Gasteiger partial charge in [-0.1, -0.05) is 20.3 Å². The van der Waals surface area contributed by atoms with Crippen molar-refractivity contribution in [3.63, 3.8) is 0 Å². The standard InChI is InChI=1S/C12H24O2/c1-5-12(9-11(3)13)8-10(2)6-7-14-4/h10,12H,5-9H2,1-4H3/t10?,12-/m0/s1. The molecule has 0 aliphatic rings. The average Bonchev–Trinajstić information content (AvgIpc) is 2.12. The molecule has 84 valence electrons. The van der Waals surface area contributed by atoms with Gasteiger partial charge in [-0.15, -0.1) is 0 Å². The van der Waals surface area contributed by atoms with Gasteiger partial charge in [0.05, 0.1) is 0 Å². The highest BCUT2D eigenvalue weighted by molar-refractivity contribution is 5.75. The third-order valence-corrected chi connectivity index (χ3v) is 2.70. The zero-order chi connectivity index (χ0) is 11.0. The van der Waals surface area contributed by atoms with Crippen molar-refractivity contribution in [1.82, 2.24) is 0 Å². The number of carbonyl (C=O) groups is 1. The van der Waals surface area contributed by atoms with Crippen molar-refractivity contribution in [3.8, 4) is 0 Å². The maximum atomic E-state index is 11.0. The van der Waals surface area contributed by atoms with E-state index >= 15 is 0 Å². The number of carbonyl (C=O) groups excluding carboxylic acids is 1. The summed E-state index contributed by atoms with van der Waals surface area (Å²) in [6.07, 6.45) is 4.11. The zero-order valence-electron chi connectivity index (χ0n) is 10.0. The van der Waals surface area contributed by atoms with Crippen LogP contribution in [0.4, 0.5) is 0 Å². The largest absolute Gasteiger partial charge is 0.385 e. The van der Waals surface area contributed by atoms with Crippen LogP contribution in [0.15, 0.2) is 0 Å². The van der Waals surface area contributed by atoms with Gasteiger partial charge in [0.15, 0.2) is 0 Å². The maximum Gasteiger partial charge on any atom is 0.130 e. The third-order valence-electron chi connectivity index (χ3n) is 2.70. The number of hydrogen-bond acceptors (Lipinski definition) is 2. The van der Waals surface area contributed by atoms with Crippen molar-refractivity contribution >= 4 is 5.78 Å². The fourth-order valence-corrected chi connectivity index (χ4v) is 1.81. The highest BCUT2D eigenvalue weighted by Crippen LogP contribution is 2.21. The molecule has 0 aromatic carbocycles. The van der Waals surface area contributed by atoms with Crippen LogP contribution >= 0.6 is 0 Å². The van der Waals surface area contributed by atoms with Crippen LogP contribution in [-0.2, 0) is 9.53 Å². The molecule has 0 amide bonds. The molecule has 0 heterocycles. The molecule has 14 heavy (non-hydrogen) atoms. The quantitative estimate of drug-likeness (QED) is 0.602. The van der Waals surface area contributed by atoms with Crippen LogP contribution in [0.5, 0.6) is 0 Å². The van der Waals surface area contributed by atoms with Crippen LogP contribution in [-0.4, -0.2) is 19.5 Å². The molecule has 2 nitrogen and oxygen atoms in total. The van der Waals surface area contributed by atoms with E-state index in [-0.39, 0.29) is 0 Å². The Morgan fingerprint density at radius 3 is 2.50 bits per heavy atom. The predicted octanol–water partition coefficient (Wildman–Crippen LogP) is 3.05. The first-order valence-electron chi connectivity index (χ1n) is 5.58. The van der Waals surface area contributed by atoms with Crippen LogP contribution in [0.3, 0.4) is 0 Å². The number of hydrogen-bond donors (Lipinski definition) is 0. The molecule has 0 aliphatic heterocycles. The van der Waals surface area contributed by atoms with Gasteiger partial charge in [-0.2, -0.15) is 0 Å². The Hall–Kier alpha value is -0.370. The smallest absolute Gasteiger partial charge is 0.130 e. The summed E-state index contributed by atoms with van der Waals surface area (Å²) < 4.78 is 5.04. The predicted molar refractivity (Wildman–Crippen MR) is 59.4 cm³/mol. The molecule has 0 saturated carbocycles. The van der Waals surface area contributed by atoms with Gasteiger partial charge < -0.3 is 9.53 Å². The molecular formula is C12H24O2. The normalized spacial score (nSPS) is 15.1. The molecule has 0 rings (SSSR count). The summed E-state index contributed by atoms with van der Waals surface area (Å²) in [5.74, 6) is 1.55. The lowest BCUT2D eigenvalue weighted by Gasteiger charge is -2.18. The van der Waals surface area contributed by atoms with E-state index in [1.807, 2.05) is 0 Å². The molecule has 0 aromatic heterocycles. The lowest BCUT2D eigenvalue weighted by molar-refractivity contribution is -0.118. The summed E-state index contributed by atoms with van der Waals surface area (Å²) in [5.41, 5.74) is 0. The van der Waals surface area contributed by atoms with Crippen molar-refractivity contribution in [3.05, 3.63) is 0 Å². The van der Waals surface area contributed by atoms with E-state index in [0.29, 0.717) is 17.6 Å². The molecule has 0 saturated heterocycles. The molecule has 0 aromatic rings. The summed E-state index contributed by atoms with van der Waals surface area (Å²) in [7, 11) is 1.74. The lowest BCUT2D eigenvalue weighted by atomic mass is 9.88. The lowest BCUT2D eigenvalue weighted by Crippen LogP contribution is -2.11. The molecule has 0 radical (unpaired) electrons. The van der Waals surface area contributed by atoms with Crippen LogP contribution in [0, 0.1) is 11.8 Å². The Labute approximate surface area is 88.0 Å². The number of rotatable bonds is 8. The highest BCUT2D eigenvalue weighted by Gasteiger charge is 2.13. The summed E-state index contributed by atoms with van der Waals surface area (Å²) in [6, 6.07) is 0. The minimum Gasteiger partial charge on any atom is -0.385 e. The molecule has 2 heteroatoms. The Morgan fingerprint density at radius 2 is 2.07 bits per heavy atom. The van der Waals surface area contributed by atoms with E-state index in [1.165, 1.54) is 0 Å². The molecular weight excluding hydrogens is 176 g/mol. The van der Waals surface area contributed by atoms with Gasteiger partial charge in [-0.3, -0.25) is 0 Å². The van der Waals surface area contributed by atoms with Crippen LogP contribution < -0.4 is 0 Å². The second-order valence-corrected chi connectivity index (χ2v) is 4.30. The van der Waals surface area contributed by atoms with E-state index in [1.54, 1.807) is 14.0 Å². The molecule has 0 aliphatic carbocycles. The Kier molecular flexibility index (Phi) is 7.77. The molecule has 0 fully saturated rings. The van der Waals surface area contributed by atoms with E-state index in [0.717, 1.165) is 32.3 Å². The average molecular weight is 200 g/mol. The second kappa shape index (κ2) is 7.98. The monoisotopic (exact) mass is 200 g/mol. The SMILES string of the molecule is CC[C@H](CC(C)=O)CC(C)CCOC. The topological polar surface area (TPSA) is 26.3 Å². The van der Waals surface area contributed by atoms with Crippen molar-refractivity contribution in [1.29, 1.82) is 0 Å². The van der Waals surface area contributed by atoms with Crippen molar-refractivity contribution < 1.29 is 9.53 Å². The fraction of sp³-hybridized carbons (Fsp3) is 0.917. The zero-order valence-corrected chi connectivity index (χ0v) is 10.0. The van der Waals surface area contributed by atoms with Gasteiger partial charge >= 0.3 is 0 Å². The van der Waals surface area contributed by atoms with Gasteiger partial charge in [0.1, 0.15) is 5.78 Å². The van der Waals surface area contributed by atoms with Crippen molar-refractivity contribution in [2.24, 2.45) is 11.8 Å². The maximum absolute atomic E-state index is 11.0. The van der Waals surface area contributed by atoms with Gasteiger partial charge in [0.2, 0.25) is 0 Å². The number of methoxy groups -OCH3 is 1. The Morgan fingerprint density at radius 1 is 1.43 bits per heavy atom. The number of ether oxygens (including phenoxy) is 1.